The van der Waals surface area contributed by atoms with E-state index in [1.165, 1.54) is 0 Å². The van der Waals surface area contributed by atoms with Crippen molar-refractivity contribution >= 4 is 5.91 Å². The zero-order valence-electron chi connectivity index (χ0n) is 15.5. The number of carbonyl (C=O) groups is 1. The first-order valence-corrected chi connectivity index (χ1v) is 8.95. The highest BCUT2D eigenvalue weighted by molar-refractivity contribution is 5.95. The SMILES string of the molecule is COc1cccc(C(=O)N2CCn3cccc3C2c2cccc(OC)c2)c1. The largest absolute Gasteiger partial charge is 0.497 e. The van der Waals surface area contributed by atoms with E-state index in [2.05, 4.69) is 16.8 Å². The summed E-state index contributed by atoms with van der Waals surface area (Å²) in [6.07, 6.45) is 2.07. The number of rotatable bonds is 4. The zero-order chi connectivity index (χ0) is 18.8. The molecule has 4 rings (SSSR count). The van der Waals surface area contributed by atoms with Gasteiger partial charge in [-0.15, -0.1) is 0 Å². The van der Waals surface area contributed by atoms with Crippen LogP contribution in [0.15, 0.2) is 66.9 Å². The summed E-state index contributed by atoms with van der Waals surface area (Å²) in [6.45, 7) is 1.41. The van der Waals surface area contributed by atoms with E-state index in [0.717, 1.165) is 23.6 Å². The number of aromatic nitrogens is 1. The molecule has 0 saturated heterocycles. The third kappa shape index (κ3) is 3.16. The topological polar surface area (TPSA) is 43.7 Å². The highest BCUT2D eigenvalue weighted by Gasteiger charge is 2.33. The third-order valence-electron chi connectivity index (χ3n) is 5.03. The maximum absolute atomic E-state index is 13.4. The molecule has 2 aromatic carbocycles. The quantitative estimate of drug-likeness (QED) is 0.710. The maximum Gasteiger partial charge on any atom is 0.254 e. The summed E-state index contributed by atoms with van der Waals surface area (Å²) < 4.78 is 12.9. The normalized spacial score (nSPS) is 15.9. The minimum absolute atomic E-state index is 0.00540. The van der Waals surface area contributed by atoms with E-state index in [1.54, 1.807) is 20.3 Å². The Morgan fingerprint density at radius 1 is 0.926 bits per heavy atom. The van der Waals surface area contributed by atoms with E-state index in [-0.39, 0.29) is 11.9 Å². The van der Waals surface area contributed by atoms with Gasteiger partial charge in [-0.1, -0.05) is 18.2 Å². The first kappa shape index (κ1) is 17.2. The van der Waals surface area contributed by atoms with E-state index in [9.17, 15) is 4.79 Å². The van der Waals surface area contributed by atoms with Gasteiger partial charge in [0.2, 0.25) is 0 Å². The monoisotopic (exact) mass is 362 g/mol. The van der Waals surface area contributed by atoms with Gasteiger partial charge in [0.05, 0.1) is 20.3 Å². The van der Waals surface area contributed by atoms with Gasteiger partial charge >= 0.3 is 0 Å². The Hall–Kier alpha value is -3.21. The number of ether oxygens (including phenoxy) is 2. The van der Waals surface area contributed by atoms with E-state index >= 15 is 0 Å². The van der Waals surface area contributed by atoms with Crippen molar-refractivity contribution in [3.8, 4) is 11.5 Å². The van der Waals surface area contributed by atoms with Crippen molar-refractivity contribution in [3.63, 3.8) is 0 Å². The van der Waals surface area contributed by atoms with Crippen LogP contribution in [0.1, 0.15) is 27.7 Å². The molecular formula is C22H22N2O3. The van der Waals surface area contributed by atoms with Gasteiger partial charge in [0.15, 0.2) is 0 Å². The van der Waals surface area contributed by atoms with E-state index in [4.69, 9.17) is 9.47 Å². The highest BCUT2D eigenvalue weighted by atomic mass is 16.5. The van der Waals surface area contributed by atoms with Crippen molar-refractivity contribution in [3.05, 3.63) is 83.7 Å². The lowest BCUT2D eigenvalue weighted by Gasteiger charge is -2.37. The molecule has 0 spiro atoms. The summed E-state index contributed by atoms with van der Waals surface area (Å²) in [5, 5.41) is 0. The van der Waals surface area contributed by atoms with Crippen LogP contribution in [0, 0.1) is 0 Å². The number of benzene rings is 2. The summed E-state index contributed by atoms with van der Waals surface area (Å²) in [5.41, 5.74) is 2.76. The fourth-order valence-electron chi connectivity index (χ4n) is 3.69. The summed E-state index contributed by atoms with van der Waals surface area (Å²) in [5.74, 6) is 1.46. The summed E-state index contributed by atoms with van der Waals surface area (Å²) in [4.78, 5) is 15.3. The summed E-state index contributed by atoms with van der Waals surface area (Å²) >= 11 is 0. The highest BCUT2D eigenvalue weighted by Crippen LogP contribution is 2.35. The number of fused-ring (bicyclic) bond motifs is 1. The van der Waals surface area contributed by atoms with Gasteiger partial charge in [0, 0.05) is 30.5 Å². The van der Waals surface area contributed by atoms with Gasteiger partial charge < -0.3 is 18.9 Å². The lowest BCUT2D eigenvalue weighted by atomic mass is 9.98. The fourth-order valence-corrected chi connectivity index (χ4v) is 3.69. The predicted molar refractivity (Wildman–Crippen MR) is 103 cm³/mol. The van der Waals surface area contributed by atoms with Crippen LogP contribution in [0.4, 0.5) is 0 Å². The smallest absolute Gasteiger partial charge is 0.254 e. The van der Waals surface area contributed by atoms with E-state index in [0.29, 0.717) is 17.9 Å². The Morgan fingerprint density at radius 3 is 2.44 bits per heavy atom. The van der Waals surface area contributed by atoms with E-state index < -0.39 is 0 Å². The molecule has 3 aromatic rings. The average molecular weight is 362 g/mol. The molecule has 0 aliphatic carbocycles. The number of hydrogen-bond donors (Lipinski definition) is 0. The zero-order valence-corrected chi connectivity index (χ0v) is 15.5. The van der Waals surface area contributed by atoms with Gasteiger partial charge in [-0.3, -0.25) is 4.79 Å². The Kier molecular flexibility index (Phi) is 4.59. The molecule has 0 fully saturated rings. The van der Waals surface area contributed by atoms with Crippen molar-refractivity contribution in [2.75, 3.05) is 20.8 Å². The van der Waals surface area contributed by atoms with Gasteiger partial charge in [0.25, 0.3) is 5.91 Å². The van der Waals surface area contributed by atoms with Gasteiger partial charge in [-0.05, 0) is 48.0 Å². The molecule has 1 amide bonds. The number of nitrogens with zero attached hydrogens (tertiary/aromatic N) is 2. The number of amides is 1. The molecule has 5 nitrogen and oxygen atoms in total. The Morgan fingerprint density at radius 2 is 1.67 bits per heavy atom. The van der Waals surface area contributed by atoms with Crippen LogP contribution in [0.5, 0.6) is 11.5 Å². The van der Waals surface area contributed by atoms with Crippen molar-refractivity contribution < 1.29 is 14.3 Å². The first-order chi connectivity index (χ1) is 13.2. The Balaban J connectivity index is 1.77. The number of hydrogen-bond acceptors (Lipinski definition) is 3. The van der Waals surface area contributed by atoms with Gasteiger partial charge in [-0.25, -0.2) is 0 Å². The second kappa shape index (κ2) is 7.19. The molecule has 0 bridgehead atoms. The maximum atomic E-state index is 13.4. The molecule has 0 radical (unpaired) electrons. The minimum atomic E-state index is -0.164. The molecule has 1 atom stereocenters. The van der Waals surface area contributed by atoms with Crippen LogP contribution < -0.4 is 9.47 Å². The average Bonchev–Trinajstić information content (AvgIpc) is 3.21. The molecule has 27 heavy (non-hydrogen) atoms. The Labute approximate surface area is 158 Å². The molecule has 0 N–H and O–H groups in total. The molecule has 1 aliphatic rings. The van der Waals surface area contributed by atoms with Crippen molar-refractivity contribution in [1.29, 1.82) is 0 Å². The molecule has 1 unspecified atom stereocenters. The van der Waals surface area contributed by atoms with Crippen LogP contribution >= 0.6 is 0 Å². The molecule has 1 aromatic heterocycles. The second-order valence-electron chi connectivity index (χ2n) is 6.54. The molecule has 5 heteroatoms. The standard InChI is InChI=1S/C22H22N2O3/c1-26-18-8-3-6-16(14-18)21-20-10-5-11-23(20)12-13-24(21)22(25)17-7-4-9-19(15-17)27-2/h3-11,14-15,21H,12-13H2,1-2H3. The van der Waals surface area contributed by atoms with Crippen molar-refractivity contribution in [2.24, 2.45) is 0 Å². The van der Waals surface area contributed by atoms with Crippen LogP contribution in [0.2, 0.25) is 0 Å². The minimum Gasteiger partial charge on any atom is -0.497 e. The van der Waals surface area contributed by atoms with Gasteiger partial charge in [0.1, 0.15) is 11.5 Å². The number of carbonyl (C=O) groups excluding carboxylic acids is 1. The lowest BCUT2D eigenvalue weighted by molar-refractivity contribution is 0.0663. The third-order valence-corrected chi connectivity index (χ3v) is 5.03. The molecule has 1 aliphatic heterocycles. The Bertz CT molecular complexity index is 963. The second-order valence-corrected chi connectivity index (χ2v) is 6.54. The van der Waals surface area contributed by atoms with Crippen LogP contribution in [0.3, 0.4) is 0 Å². The lowest BCUT2D eigenvalue weighted by Crippen LogP contribution is -2.42. The van der Waals surface area contributed by atoms with Crippen molar-refractivity contribution in [2.45, 2.75) is 12.6 Å². The predicted octanol–water partition coefficient (Wildman–Crippen LogP) is 3.75. The summed E-state index contributed by atoms with van der Waals surface area (Å²) in [6, 6.07) is 19.2. The first-order valence-electron chi connectivity index (χ1n) is 8.95. The van der Waals surface area contributed by atoms with Crippen LogP contribution in [0.25, 0.3) is 0 Å². The van der Waals surface area contributed by atoms with E-state index in [1.807, 2.05) is 53.4 Å². The van der Waals surface area contributed by atoms with Crippen LogP contribution in [-0.4, -0.2) is 36.1 Å². The summed E-state index contributed by atoms with van der Waals surface area (Å²) in [7, 11) is 3.26. The molecule has 0 saturated carbocycles. The van der Waals surface area contributed by atoms with Gasteiger partial charge in [-0.2, -0.15) is 0 Å². The molecule has 2 heterocycles. The van der Waals surface area contributed by atoms with Crippen LogP contribution in [-0.2, 0) is 6.54 Å². The molecule has 138 valence electrons. The van der Waals surface area contributed by atoms with Crippen molar-refractivity contribution in [1.82, 2.24) is 9.47 Å². The molecular weight excluding hydrogens is 340 g/mol. The number of methoxy groups -OCH3 is 2. The fraction of sp³-hybridized carbons (Fsp3) is 0.227.